The molecule has 5 heteroatoms. The van der Waals surface area contributed by atoms with Crippen LogP contribution >= 0.6 is 23.2 Å². The Morgan fingerprint density at radius 1 is 1.14 bits per heavy atom. The van der Waals surface area contributed by atoms with Crippen molar-refractivity contribution in [3.05, 3.63) is 63.9 Å². The van der Waals surface area contributed by atoms with E-state index in [0.717, 1.165) is 18.4 Å². The van der Waals surface area contributed by atoms with Crippen molar-refractivity contribution in [3.63, 3.8) is 0 Å². The molecule has 3 nitrogen and oxygen atoms in total. The fraction of sp³-hybridized carbons (Fsp3) is 0.250. The Bertz CT molecular complexity index is 636. The van der Waals surface area contributed by atoms with Gasteiger partial charge in [-0.05, 0) is 30.5 Å². The maximum absolute atomic E-state index is 12.7. The number of aromatic nitrogens is 1. The molecule has 21 heavy (non-hydrogen) atoms. The van der Waals surface area contributed by atoms with Gasteiger partial charge in [-0.3, -0.25) is 4.79 Å². The number of nitrogens with zero attached hydrogens (tertiary/aromatic N) is 2. The molecular formula is C16H14Cl2N2O. The molecule has 3 rings (SSSR count). The first-order valence-corrected chi connectivity index (χ1v) is 7.57. The summed E-state index contributed by atoms with van der Waals surface area (Å²) in [6.07, 6.45) is 2.09. The number of amides is 1. The molecule has 2 aromatic rings. The monoisotopic (exact) mass is 320 g/mol. The maximum Gasteiger partial charge on any atom is 0.254 e. The molecule has 108 valence electrons. The number of hydrogen-bond acceptors (Lipinski definition) is 2. The normalized spacial score (nSPS) is 14.0. The van der Waals surface area contributed by atoms with Gasteiger partial charge in [0.05, 0.1) is 0 Å². The van der Waals surface area contributed by atoms with Gasteiger partial charge in [-0.25, -0.2) is 4.98 Å². The summed E-state index contributed by atoms with van der Waals surface area (Å²) in [5.74, 6) is -0.0486. The summed E-state index contributed by atoms with van der Waals surface area (Å²) >= 11 is 11.8. The Morgan fingerprint density at radius 2 is 1.76 bits per heavy atom. The van der Waals surface area contributed by atoms with Crippen LogP contribution in [-0.2, 0) is 6.54 Å². The highest BCUT2D eigenvalue weighted by molar-refractivity contribution is 6.33. The number of rotatable bonds is 4. The Balaban J connectivity index is 1.85. The fourth-order valence-electron chi connectivity index (χ4n) is 2.29. The zero-order chi connectivity index (χ0) is 14.8. The van der Waals surface area contributed by atoms with Gasteiger partial charge in [0.2, 0.25) is 0 Å². The van der Waals surface area contributed by atoms with Gasteiger partial charge in [0, 0.05) is 18.2 Å². The minimum absolute atomic E-state index is 0.0486. The topological polar surface area (TPSA) is 33.2 Å². The number of hydrogen-bond donors (Lipinski definition) is 0. The molecule has 1 fully saturated rings. The smallest absolute Gasteiger partial charge is 0.254 e. The van der Waals surface area contributed by atoms with Crippen molar-refractivity contribution in [2.45, 2.75) is 25.4 Å². The largest absolute Gasteiger partial charge is 0.331 e. The highest BCUT2D eigenvalue weighted by atomic mass is 35.5. The molecule has 0 radical (unpaired) electrons. The first kappa shape index (κ1) is 14.4. The van der Waals surface area contributed by atoms with E-state index < -0.39 is 0 Å². The molecule has 0 bridgehead atoms. The van der Waals surface area contributed by atoms with Gasteiger partial charge in [0.1, 0.15) is 10.3 Å². The molecule has 1 amide bonds. The molecule has 1 aliphatic rings. The molecule has 0 aliphatic heterocycles. The van der Waals surface area contributed by atoms with Crippen LogP contribution in [0.5, 0.6) is 0 Å². The predicted molar refractivity (Wildman–Crippen MR) is 83.6 cm³/mol. The predicted octanol–water partition coefficient (Wildman–Crippen LogP) is 4.19. The van der Waals surface area contributed by atoms with Crippen LogP contribution in [0.15, 0.2) is 42.5 Å². The average molecular weight is 321 g/mol. The van der Waals surface area contributed by atoms with Gasteiger partial charge in [-0.15, -0.1) is 0 Å². The van der Waals surface area contributed by atoms with Crippen LogP contribution in [0.3, 0.4) is 0 Å². The van der Waals surface area contributed by atoms with Crippen molar-refractivity contribution in [1.29, 1.82) is 0 Å². The molecule has 0 unspecified atom stereocenters. The maximum atomic E-state index is 12.7. The van der Waals surface area contributed by atoms with E-state index in [1.165, 1.54) is 0 Å². The third kappa shape index (κ3) is 3.55. The molecule has 1 saturated carbocycles. The SMILES string of the molecule is O=C(c1cc(Cl)nc(Cl)c1)N(Cc1ccccc1)C1CC1. The second-order valence-electron chi connectivity index (χ2n) is 5.15. The molecule has 0 N–H and O–H groups in total. The second kappa shape index (κ2) is 6.04. The van der Waals surface area contributed by atoms with Gasteiger partial charge >= 0.3 is 0 Å². The molecule has 1 aromatic carbocycles. The molecule has 1 heterocycles. The zero-order valence-electron chi connectivity index (χ0n) is 11.3. The van der Waals surface area contributed by atoms with E-state index in [9.17, 15) is 4.79 Å². The van der Waals surface area contributed by atoms with Gasteiger partial charge in [-0.2, -0.15) is 0 Å². The van der Waals surface area contributed by atoms with Crippen LogP contribution in [-0.4, -0.2) is 21.8 Å². The second-order valence-corrected chi connectivity index (χ2v) is 5.93. The molecule has 0 atom stereocenters. The van der Waals surface area contributed by atoms with Crippen molar-refractivity contribution < 1.29 is 4.79 Å². The standard InChI is InChI=1S/C16H14Cl2N2O/c17-14-8-12(9-15(18)19-14)16(21)20(13-6-7-13)10-11-4-2-1-3-5-11/h1-5,8-9,13H,6-7,10H2. The third-order valence-corrected chi connectivity index (χ3v) is 3.84. The van der Waals surface area contributed by atoms with Crippen LogP contribution in [0.25, 0.3) is 0 Å². The summed E-state index contributed by atoms with van der Waals surface area (Å²) < 4.78 is 0. The van der Waals surface area contributed by atoms with Crippen molar-refractivity contribution in [2.24, 2.45) is 0 Å². The van der Waals surface area contributed by atoms with Crippen LogP contribution in [0.1, 0.15) is 28.8 Å². The lowest BCUT2D eigenvalue weighted by Crippen LogP contribution is -2.32. The highest BCUT2D eigenvalue weighted by Gasteiger charge is 2.33. The van der Waals surface area contributed by atoms with E-state index in [1.54, 1.807) is 12.1 Å². The van der Waals surface area contributed by atoms with Gasteiger partial charge < -0.3 is 4.90 Å². The quantitative estimate of drug-likeness (QED) is 0.791. The average Bonchev–Trinajstić information content (AvgIpc) is 3.29. The van der Waals surface area contributed by atoms with E-state index in [4.69, 9.17) is 23.2 Å². The van der Waals surface area contributed by atoms with Gasteiger partial charge in [-0.1, -0.05) is 53.5 Å². The van der Waals surface area contributed by atoms with Crippen molar-refractivity contribution in [2.75, 3.05) is 0 Å². The Kier molecular flexibility index (Phi) is 4.13. The lowest BCUT2D eigenvalue weighted by molar-refractivity contribution is 0.0730. The highest BCUT2D eigenvalue weighted by Crippen LogP contribution is 2.30. The number of carbonyl (C=O) groups excluding carboxylic acids is 1. The summed E-state index contributed by atoms with van der Waals surface area (Å²) in [5, 5.41) is 0.475. The number of pyridine rings is 1. The van der Waals surface area contributed by atoms with E-state index in [-0.39, 0.29) is 16.2 Å². The van der Waals surface area contributed by atoms with E-state index >= 15 is 0 Å². The molecule has 1 aromatic heterocycles. The number of benzene rings is 1. The van der Waals surface area contributed by atoms with Crippen LogP contribution in [0.4, 0.5) is 0 Å². The number of halogens is 2. The Labute approximate surface area is 133 Å². The summed E-state index contributed by atoms with van der Waals surface area (Å²) in [4.78, 5) is 18.5. The van der Waals surface area contributed by atoms with Gasteiger partial charge in [0.15, 0.2) is 0 Å². The lowest BCUT2D eigenvalue weighted by atomic mass is 10.1. The van der Waals surface area contributed by atoms with E-state index in [0.29, 0.717) is 18.2 Å². The third-order valence-electron chi connectivity index (χ3n) is 3.45. The van der Waals surface area contributed by atoms with Crippen LogP contribution in [0.2, 0.25) is 10.3 Å². The molecule has 1 aliphatic carbocycles. The van der Waals surface area contributed by atoms with Crippen molar-refractivity contribution in [1.82, 2.24) is 9.88 Å². The van der Waals surface area contributed by atoms with Crippen molar-refractivity contribution >= 4 is 29.1 Å². The first-order valence-electron chi connectivity index (χ1n) is 6.81. The summed E-state index contributed by atoms with van der Waals surface area (Å²) in [6.45, 7) is 0.599. The van der Waals surface area contributed by atoms with E-state index in [1.807, 2.05) is 35.2 Å². The van der Waals surface area contributed by atoms with E-state index in [2.05, 4.69) is 4.98 Å². The lowest BCUT2D eigenvalue weighted by Gasteiger charge is -2.22. The minimum atomic E-state index is -0.0486. The zero-order valence-corrected chi connectivity index (χ0v) is 12.8. The molecule has 0 saturated heterocycles. The van der Waals surface area contributed by atoms with Crippen LogP contribution < -0.4 is 0 Å². The first-order chi connectivity index (χ1) is 10.1. The number of carbonyl (C=O) groups is 1. The Hall–Kier alpha value is -1.58. The fourth-order valence-corrected chi connectivity index (χ4v) is 2.75. The van der Waals surface area contributed by atoms with Crippen molar-refractivity contribution in [3.8, 4) is 0 Å². The molecule has 0 spiro atoms. The van der Waals surface area contributed by atoms with Gasteiger partial charge in [0.25, 0.3) is 5.91 Å². The minimum Gasteiger partial charge on any atom is -0.331 e. The van der Waals surface area contributed by atoms with Crippen LogP contribution in [0, 0.1) is 0 Å². The molecular weight excluding hydrogens is 307 g/mol. The Morgan fingerprint density at radius 3 is 2.33 bits per heavy atom. The summed E-state index contributed by atoms with van der Waals surface area (Å²) in [7, 11) is 0. The summed E-state index contributed by atoms with van der Waals surface area (Å²) in [5.41, 5.74) is 1.60. The summed E-state index contributed by atoms with van der Waals surface area (Å²) in [6, 6.07) is 13.4.